The van der Waals surface area contributed by atoms with Crippen LogP contribution in [0.25, 0.3) is 21.7 Å². The average Bonchev–Trinajstić information content (AvgIpc) is 2.35. The van der Waals surface area contributed by atoms with E-state index in [9.17, 15) is 0 Å². The minimum absolute atomic E-state index is 0.501. The molecule has 2 aromatic carbocycles. The van der Waals surface area contributed by atoms with Crippen molar-refractivity contribution >= 4 is 54.9 Å². The maximum atomic E-state index is 6.21. The lowest BCUT2D eigenvalue weighted by Crippen LogP contribution is -1.91. The van der Waals surface area contributed by atoms with E-state index in [1.54, 1.807) is 6.20 Å². The van der Waals surface area contributed by atoms with Gasteiger partial charge in [-0.3, -0.25) is 4.98 Å². The molecule has 1 heterocycles. The second-order valence-electron chi connectivity index (χ2n) is 3.83. The van der Waals surface area contributed by atoms with Crippen LogP contribution in [0.3, 0.4) is 0 Å². The number of halogens is 2. The number of anilines is 1. The third-order valence-electron chi connectivity index (χ3n) is 2.79. The molecule has 0 atom stereocenters. The molecule has 0 amide bonds. The number of benzene rings is 2. The Kier molecular flexibility index (Phi) is 2.45. The van der Waals surface area contributed by atoms with Crippen LogP contribution in [0.4, 0.5) is 5.69 Å². The molecule has 3 aromatic rings. The van der Waals surface area contributed by atoms with Crippen molar-refractivity contribution in [1.82, 2.24) is 4.98 Å². The first-order chi connectivity index (χ1) is 8.18. The highest BCUT2D eigenvalue weighted by Crippen LogP contribution is 2.35. The first kappa shape index (κ1) is 10.8. The van der Waals surface area contributed by atoms with Crippen LogP contribution in [0.2, 0.25) is 5.02 Å². The number of hydrogen-bond donors (Lipinski definition) is 1. The van der Waals surface area contributed by atoms with Gasteiger partial charge < -0.3 is 5.73 Å². The van der Waals surface area contributed by atoms with Crippen LogP contribution in [0.5, 0.6) is 0 Å². The molecule has 0 saturated carbocycles. The average molecular weight is 308 g/mol. The van der Waals surface area contributed by atoms with Gasteiger partial charge in [0, 0.05) is 15.2 Å². The summed E-state index contributed by atoms with van der Waals surface area (Å²) in [5.74, 6) is 0. The van der Waals surface area contributed by atoms with E-state index in [2.05, 4.69) is 20.9 Å². The summed E-state index contributed by atoms with van der Waals surface area (Å²) in [5.41, 5.74) is 7.15. The van der Waals surface area contributed by atoms with Gasteiger partial charge in [-0.25, -0.2) is 0 Å². The largest absolute Gasteiger partial charge is 0.396 e. The predicted octanol–water partition coefficient (Wildman–Crippen LogP) is 4.39. The normalized spacial score (nSPS) is 11.2. The Morgan fingerprint density at radius 3 is 2.59 bits per heavy atom. The number of nitrogens with two attached hydrogens (primary N) is 1. The molecule has 1 aromatic heterocycles. The topological polar surface area (TPSA) is 38.9 Å². The van der Waals surface area contributed by atoms with Crippen molar-refractivity contribution in [1.29, 1.82) is 0 Å². The molecule has 0 spiro atoms. The van der Waals surface area contributed by atoms with Crippen molar-refractivity contribution in [3.63, 3.8) is 0 Å². The number of nitrogen functional groups attached to an aromatic ring is 1. The molecule has 3 rings (SSSR count). The van der Waals surface area contributed by atoms with Crippen molar-refractivity contribution in [2.45, 2.75) is 0 Å². The van der Waals surface area contributed by atoms with E-state index >= 15 is 0 Å². The van der Waals surface area contributed by atoms with Crippen molar-refractivity contribution < 1.29 is 0 Å². The van der Waals surface area contributed by atoms with Crippen LogP contribution in [0.15, 0.2) is 41.0 Å². The van der Waals surface area contributed by atoms with Gasteiger partial charge in [0.25, 0.3) is 0 Å². The summed E-state index contributed by atoms with van der Waals surface area (Å²) in [6, 6.07) is 10.0. The van der Waals surface area contributed by atoms with E-state index in [-0.39, 0.29) is 0 Å². The van der Waals surface area contributed by atoms with Gasteiger partial charge in [-0.1, -0.05) is 51.8 Å². The fourth-order valence-corrected chi connectivity index (χ4v) is 2.74. The highest BCUT2D eigenvalue weighted by atomic mass is 79.9. The van der Waals surface area contributed by atoms with E-state index in [1.165, 1.54) is 0 Å². The summed E-state index contributed by atoms with van der Waals surface area (Å²) >= 11 is 9.76. The zero-order valence-electron chi connectivity index (χ0n) is 8.74. The first-order valence-corrected chi connectivity index (χ1v) is 6.26. The number of hydrogen-bond acceptors (Lipinski definition) is 2. The Balaban J connectivity index is 2.62. The molecular formula is C13H8BrClN2. The van der Waals surface area contributed by atoms with Gasteiger partial charge in [-0.2, -0.15) is 0 Å². The Morgan fingerprint density at radius 1 is 1.12 bits per heavy atom. The molecule has 0 aliphatic rings. The summed E-state index contributed by atoms with van der Waals surface area (Å²) in [6.07, 6.45) is 1.60. The zero-order valence-corrected chi connectivity index (χ0v) is 11.1. The SMILES string of the molecule is Nc1cnc2c(cc(Br)c3ccccc32)c1Cl. The molecule has 0 aliphatic carbocycles. The third-order valence-corrected chi connectivity index (χ3v) is 3.87. The summed E-state index contributed by atoms with van der Waals surface area (Å²) in [4.78, 5) is 4.38. The van der Waals surface area contributed by atoms with Crippen LogP contribution in [-0.2, 0) is 0 Å². The number of pyridine rings is 1. The lowest BCUT2D eigenvalue weighted by molar-refractivity contribution is 1.43. The van der Waals surface area contributed by atoms with E-state index in [1.807, 2.05) is 30.3 Å². The molecule has 0 unspecified atom stereocenters. The third kappa shape index (κ3) is 1.58. The van der Waals surface area contributed by atoms with Gasteiger partial charge in [-0.05, 0) is 11.5 Å². The number of rotatable bonds is 0. The second-order valence-corrected chi connectivity index (χ2v) is 5.06. The monoisotopic (exact) mass is 306 g/mol. The second kappa shape index (κ2) is 3.86. The minimum atomic E-state index is 0.501. The fourth-order valence-electron chi connectivity index (χ4n) is 1.97. The Morgan fingerprint density at radius 2 is 1.82 bits per heavy atom. The van der Waals surface area contributed by atoms with Gasteiger partial charge in [-0.15, -0.1) is 0 Å². The smallest absolute Gasteiger partial charge is 0.0797 e. The van der Waals surface area contributed by atoms with E-state index in [4.69, 9.17) is 17.3 Å². The molecule has 0 bridgehead atoms. The van der Waals surface area contributed by atoms with E-state index < -0.39 is 0 Å². The predicted molar refractivity (Wildman–Crippen MR) is 76.4 cm³/mol. The summed E-state index contributed by atoms with van der Waals surface area (Å²) in [5, 5.41) is 3.62. The standard InChI is InChI=1S/C13H8BrClN2/c14-10-5-9-12(15)11(16)6-17-13(9)8-4-2-1-3-7(8)10/h1-6H,16H2. The van der Waals surface area contributed by atoms with Crippen LogP contribution < -0.4 is 5.73 Å². The molecule has 0 fully saturated rings. The van der Waals surface area contributed by atoms with Gasteiger partial charge in [0.1, 0.15) is 0 Å². The van der Waals surface area contributed by atoms with E-state index in [0.717, 1.165) is 26.1 Å². The summed E-state index contributed by atoms with van der Waals surface area (Å²) < 4.78 is 0.995. The van der Waals surface area contributed by atoms with Crippen LogP contribution in [0, 0.1) is 0 Å². The molecule has 0 saturated heterocycles. The van der Waals surface area contributed by atoms with E-state index in [0.29, 0.717) is 10.7 Å². The van der Waals surface area contributed by atoms with Crippen LogP contribution in [0.1, 0.15) is 0 Å². The Hall–Kier alpha value is -1.32. The van der Waals surface area contributed by atoms with Gasteiger partial charge in [0.05, 0.1) is 22.4 Å². The molecular weight excluding hydrogens is 300 g/mol. The quantitative estimate of drug-likeness (QED) is 0.626. The highest BCUT2D eigenvalue weighted by molar-refractivity contribution is 9.10. The molecule has 4 heteroatoms. The highest BCUT2D eigenvalue weighted by Gasteiger charge is 2.10. The summed E-state index contributed by atoms with van der Waals surface area (Å²) in [6.45, 7) is 0. The van der Waals surface area contributed by atoms with Crippen LogP contribution in [-0.4, -0.2) is 4.98 Å². The molecule has 2 nitrogen and oxygen atoms in total. The molecule has 0 radical (unpaired) electrons. The maximum absolute atomic E-state index is 6.21. The zero-order chi connectivity index (χ0) is 12.0. The van der Waals surface area contributed by atoms with Gasteiger partial charge in [0.2, 0.25) is 0 Å². The number of fused-ring (bicyclic) bond motifs is 3. The molecule has 0 aliphatic heterocycles. The van der Waals surface area contributed by atoms with Crippen molar-refractivity contribution in [3.8, 4) is 0 Å². The summed E-state index contributed by atoms with van der Waals surface area (Å²) in [7, 11) is 0. The Bertz CT molecular complexity index is 740. The van der Waals surface area contributed by atoms with Gasteiger partial charge in [0.15, 0.2) is 0 Å². The van der Waals surface area contributed by atoms with Crippen molar-refractivity contribution in [3.05, 3.63) is 46.0 Å². The fraction of sp³-hybridized carbons (Fsp3) is 0. The Labute approximate surface area is 112 Å². The first-order valence-electron chi connectivity index (χ1n) is 5.09. The molecule has 2 N–H and O–H groups in total. The number of aromatic nitrogens is 1. The number of nitrogens with zero attached hydrogens (tertiary/aromatic N) is 1. The minimum Gasteiger partial charge on any atom is -0.396 e. The maximum Gasteiger partial charge on any atom is 0.0797 e. The van der Waals surface area contributed by atoms with Crippen LogP contribution >= 0.6 is 27.5 Å². The van der Waals surface area contributed by atoms with Gasteiger partial charge >= 0.3 is 0 Å². The lowest BCUT2D eigenvalue weighted by atomic mass is 10.1. The molecule has 17 heavy (non-hydrogen) atoms. The molecule has 84 valence electrons. The lowest BCUT2D eigenvalue weighted by Gasteiger charge is -2.08. The van der Waals surface area contributed by atoms with Crippen molar-refractivity contribution in [2.75, 3.05) is 5.73 Å². The van der Waals surface area contributed by atoms with Crippen molar-refractivity contribution in [2.24, 2.45) is 0 Å².